The van der Waals surface area contributed by atoms with Gasteiger partial charge in [-0.2, -0.15) is 5.10 Å². The molecule has 0 fully saturated rings. The van der Waals surface area contributed by atoms with Gasteiger partial charge < -0.3 is 10.4 Å². The zero-order valence-corrected chi connectivity index (χ0v) is 8.91. The molecule has 0 bridgehead atoms. The molecule has 1 aromatic heterocycles. The summed E-state index contributed by atoms with van der Waals surface area (Å²) in [6.07, 6.45) is 2.29. The lowest BCUT2D eigenvalue weighted by Gasteiger charge is -2.26. The average Bonchev–Trinajstić information content (AvgIpc) is 2.55. The fraction of sp³-hybridized carbons (Fsp3) is 0.778. The van der Waals surface area contributed by atoms with Crippen LogP contribution in [-0.4, -0.2) is 38.5 Å². The molecule has 0 saturated heterocycles. The predicted molar refractivity (Wildman–Crippen MR) is 53.8 cm³/mol. The summed E-state index contributed by atoms with van der Waals surface area (Å²) in [7, 11) is 0. The number of hydrogen-bond donors (Lipinski definition) is 3. The molecule has 0 aliphatic rings. The van der Waals surface area contributed by atoms with Crippen molar-refractivity contribution >= 4 is 0 Å². The Balaban J connectivity index is 2.22. The molecule has 1 aromatic rings. The second kappa shape index (κ2) is 4.52. The smallest absolute Gasteiger partial charge is 0.137 e. The van der Waals surface area contributed by atoms with Crippen LogP contribution in [-0.2, 0) is 6.42 Å². The van der Waals surface area contributed by atoms with Crippen molar-refractivity contribution in [3.63, 3.8) is 0 Å². The largest absolute Gasteiger partial charge is 0.389 e. The van der Waals surface area contributed by atoms with E-state index in [9.17, 15) is 5.11 Å². The number of nitrogens with one attached hydrogen (secondary N) is 2. The van der Waals surface area contributed by atoms with Gasteiger partial charge in [0, 0.05) is 19.0 Å². The van der Waals surface area contributed by atoms with E-state index in [4.69, 9.17) is 0 Å². The first-order valence-electron chi connectivity index (χ1n) is 4.80. The molecule has 0 amide bonds. The first-order valence-corrected chi connectivity index (χ1v) is 4.80. The number of aromatic amines is 1. The molecule has 1 unspecified atom stereocenters. The lowest BCUT2D eigenvalue weighted by Crippen LogP contribution is -2.45. The van der Waals surface area contributed by atoms with Crippen LogP contribution in [0, 0.1) is 0 Å². The van der Waals surface area contributed by atoms with Crippen LogP contribution in [0.1, 0.15) is 26.6 Å². The topological polar surface area (TPSA) is 73.8 Å². The third-order valence-corrected chi connectivity index (χ3v) is 2.34. The maximum atomic E-state index is 9.65. The average molecular weight is 198 g/mol. The molecule has 0 aliphatic heterocycles. The highest BCUT2D eigenvalue weighted by molar-refractivity contribution is 4.84. The van der Waals surface area contributed by atoms with Gasteiger partial charge >= 0.3 is 0 Å². The molecule has 14 heavy (non-hydrogen) atoms. The van der Waals surface area contributed by atoms with Crippen LogP contribution in [0.3, 0.4) is 0 Å². The van der Waals surface area contributed by atoms with Crippen molar-refractivity contribution in [2.45, 2.75) is 38.8 Å². The molecule has 1 heterocycles. The Kier molecular flexibility index (Phi) is 3.60. The first kappa shape index (κ1) is 11.1. The molecule has 0 radical (unpaired) electrons. The van der Waals surface area contributed by atoms with Crippen LogP contribution >= 0.6 is 0 Å². The molecule has 80 valence electrons. The second-order valence-corrected chi connectivity index (χ2v) is 4.01. The number of H-pyrrole nitrogens is 1. The van der Waals surface area contributed by atoms with E-state index in [2.05, 4.69) is 20.5 Å². The summed E-state index contributed by atoms with van der Waals surface area (Å²) in [6, 6.07) is 0.0606. The number of nitrogens with zero attached hydrogens (tertiary/aromatic N) is 2. The van der Waals surface area contributed by atoms with E-state index < -0.39 is 5.60 Å². The van der Waals surface area contributed by atoms with Crippen molar-refractivity contribution in [3.8, 4) is 0 Å². The van der Waals surface area contributed by atoms with Gasteiger partial charge in [-0.15, -0.1) is 0 Å². The van der Waals surface area contributed by atoms with Crippen molar-refractivity contribution in [3.05, 3.63) is 12.2 Å². The molecule has 0 aliphatic carbocycles. The van der Waals surface area contributed by atoms with E-state index in [1.807, 2.05) is 6.92 Å². The Bertz CT molecular complexity index is 252. The third-order valence-electron chi connectivity index (χ3n) is 2.34. The first-order chi connectivity index (χ1) is 6.50. The monoisotopic (exact) mass is 198 g/mol. The molecule has 5 nitrogen and oxygen atoms in total. The molecule has 1 rings (SSSR count). The van der Waals surface area contributed by atoms with Gasteiger partial charge in [0.25, 0.3) is 0 Å². The molecule has 0 spiro atoms. The Morgan fingerprint density at radius 3 is 2.86 bits per heavy atom. The van der Waals surface area contributed by atoms with Crippen LogP contribution in [0.15, 0.2) is 6.33 Å². The van der Waals surface area contributed by atoms with E-state index in [1.165, 1.54) is 6.33 Å². The van der Waals surface area contributed by atoms with E-state index in [0.717, 1.165) is 18.8 Å². The summed E-state index contributed by atoms with van der Waals surface area (Å²) in [4.78, 5) is 4.01. The van der Waals surface area contributed by atoms with Crippen LogP contribution < -0.4 is 5.32 Å². The van der Waals surface area contributed by atoms with E-state index in [-0.39, 0.29) is 6.04 Å². The Hall–Kier alpha value is -0.940. The van der Waals surface area contributed by atoms with Gasteiger partial charge in [0.15, 0.2) is 0 Å². The summed E-state index contributed by atoms with van der Waals surface area (Å²) >= 11 is 0. The van der Waals surface area contributed by atoms with Gasteiger partial charge in [-0.25, -0.2) is 4.98 Å². The fourth-order valence-electron chi connectivity index (χ4n) is 1.01. The third kappa shape index (κ3) is 3.43. The van der Waals surface area contributed by atoms with Crippen molar-refractivity contribution in [2.75, 3.05) is 6.54 Å². The zero-order chi connectivity index (χ0) is 10.6. The maximum Gasteiger partial charge on any atom is 0.137 e. The minimum atomic E-state index is -0.693. The minimum Gasteiger partial charge on any atom is -0.389 e. The van der Waals surface area contributed by atoms with E-state index in [0.29, 0.717) is 0 Å². The molecule has 0 aromatic carbocycles. The van der Waals surface area contributed by atoms with E-state index >= 15 is 0 Å². The van der Waals surface area contributed by atoms with Crippen molar-refractivity contribution in [2.24, 2.45) is 0 Å². The number of rotatable bonds is 5. The quantitative estimate of drug-likeness (QED) is 0.627. The number of aromatic nitrogens is 3. The number of aliphatic hydroxyl groups is 1. The SMILES string of the molecule is CC(NCCc1ncn[nH]1)C(C)(C)O. The second-order valence-electron chi connectivity index (χ2n) is 4.01. The molecule has 1 atom stereocenters. The van der Waals surface area contributed by atoms with Crippen molar-refractivity contribution < 1.29 is 5.11 Å². The standard InChI is InChI=1S/C9H18N4O/c1-7(9(2,3)14)10-5-4-8-11-6-12-13-8/h6-7,10,14H,4-5H2,1-3H3,(H,11,12,13). The van der Waals surface area contributed by atoms with Gasteiger partial charge in [-0.3, -0.25) is 5.10 Å². The lowest BCUT2D eigenvalue weighted by molar-refractivity contribution is 0.0446. The molecular formula is C9H18N4O. The van der Waals surface area contributed by atoms with Crippen LogP contribution in [0.2, 0.25) is 0 Å². The van der Waals surface area contributed by atoms with Gasteiger partial charge in [0.2, 0.25) is 0 Å². The summed E-state index contributed by atoms with van der Waals surface area (Å²) in [5, 5.41) is 19.4. The Morgan fingerprint density at radius 1 is 1.64 bits per heavy atom. The predicted octanol–water partition coefficient (Wildman–Crippen LogP) is 0.0962. The van der Waals surface area contributed by atoms with Gasteiger partial charge in [-0.05, 0) is 20.8 Å². The molecule has 0 saturated carbocycles. The molecule has 5 heteroatoms. The molecule has 3 N–H and O–H groups in total. The molecular weight excluding hydrogens is 180 g/mol. The van der Waals surface area contributed by atoms with E-state index in [1.54, 1.807) is 13.8 Å². The van der Waals surface area contributed by atoms with Gasteiger partial charge in [0.05, 0.1) is 5.60 Å². The zero-order valence-electron chi connectivity index (χ0n) is 8.91. The van der Waals surface area contributed by atoms with Gasteiger partial charge in [-0.1, -0.05) is 0 Å². The number of hydrogen-bond acceptors (Lipinski definition) is 4. The lowest BCUT2D eigenvalue weighted by atomic mass is 10.0. The summed E-state index contributed by atoms with van der Waals surface area (Å²) in [5.41, 5.74) is -0.693. The van der Waals surface area contributed by atoms with Crippen LogP contribution in [0.5, 0.6) is 0 Å². The van der Waals surface area contributed by atoms with Gasteiger partial charge in [0.1, 0.15) is 12.2 Å². The van der Waals surface area contributed by atoms with Crippen LogP contribution in [0.4, 0.5) is 0 Å². The maximum absolute atomic E-state index is 9.65. The Morgan fingerprint density at radius 2 is 2.36 bits per heavy atom. The normalized spacial score (nSPS) is 14.3. The highest BCUT2D eigenvalue weighted by atomic mass is 16.3. The van der Waals surface area contributed by atoms with Crippen molar-refractivity contribution in [1.82, 2.24) is 20.5 Å². The summed E-state index contributed by atoms with van der Waals surface area (Å²) in [6.45, 7) is 6.32. The highest BCUT2D eigenvalue weighted by Gasteiger charge is 2.21. The van der Waals surface area contributed by atoms with Crippen LogP contribution in [0.25, 0.3) is 0 Å². The highest BCUT2D eigenvalue weighted by Crippen LogP contribution is 2.06. The van der Waals surface area contributed by atoms with Crippen molar-refractivity contribution in [1.29, 1.82) is 0 Å². The summed E-state index contributed by atoms with van der Waals surface area (Å²) < 4.78 is 0. The fourth-order valence-corrected chi connectivity index (χ4v) is 1.01. The Labute approximate surface area is 83.9 Å². The minimum absolute atomic E-state index is 0.0606. The summed E-state index contributed by atoms with van der Waals surface area (Å²) in [5.74, 6) is 0.862.